The molecule has 0 aliphatic rings. The van der Waals surface area contributed by atoms with Crippen LogP contribution >= 0.6 is 39.1 Å². The largest absolute Gasteiger partial charge is 0.324 e. The van der Waals surface area contributed by atoms with Crippen LogP contribution in [0.15, 0.2) is 41.1 Å². The van der Waals surface area contributed by atoms with Gasteiger partial charge in [0.1, 0.15) is 0 Å². The molecule has 2 aromatic rings. The zero-order valence-corrected chi connectivity index (χ0v) is 12.5. The van der Waals surface area contributed by atoms with E-state index in [2.05, 4.69) is 20.9 Å². The van der Waals surface area contributed by atoms with E-state index in [0.29, 0.717) is 16.5 Å². The van der Waals surface area contributed by atoms with Gasteiger partial charge in [-0.25, -0.2) is 0 Å². The fourth-order valence-electron chi connectivity index (χ4n) is 1.72. The molecule has 0 amide bonds. The first-order valence-electron chi connectivity index (χ1n) is 5.37. The highest BCUT2D eigenvalue weighted by atomic mass is 79.9. The SMILES string of the molecule is NC(Cc1ccncc1Cl)c1cccc(Br)c1Cl. The van der Waals surface area contributed by atoms with E-state index in [0.717, 1.165) is 15.6 Å². The van der Waals surface area contributed by atoms with E-state index in [1.807, 2.05) is 24.3 Å². The van der Waals surface area contributed by atoms with Crippen LogP contribution in [0.3, 0.4) is 0 Å². The first-order valence-corrected chi connectivity index (χ1v) is 6.92. The van der Waals surface area contributed by atoms with Gasteiger partial charge in [0.05, 0.1) is 10.0 Å². The van der Waals surface area contributed by atoms with Gasteiger partial charge in [-0.3, -0.25) is 4.98 Å². The number of halogens is 3. The minimum Gasteiger partial charge on any atom is -0.324 e. The van der Waals surface area contributed by atoms with Crippen molar-refractivity contribution < 1.29 is 0 Å². The van der Waals surface area contributed by atoms with Crippen molar-refractivity contribution in [2.75, 3.05) is 0 Å². The summed E-state index contributed by atoms with van der Waals surface area (Å²) in [5.41, 5.74) is 8.05. The van der Waals surface area contributed by atoms with Crippen molar-refractivity contribution in [3.8, 4) is 0 Å². The molecule has 2 nitrogen and oxygen atoms in total. The first kappa shape index (κ1) is 13.8. The van der Waals surface area contributed by atoms with Gasteiger partial charge in [0.15, 0.2) is 0 Å². The van der Waals surface area contributed by atoms with Crippen molar-refractivity contribution in [3.05, 3.63) is 62.3 Å². The Labute approximate surface area is 124 Å². The summed E-state index contributed by atoms with van der Waals surface area (Å²) in [5.74, 6) is 0. The molecule has 0 fully saturated rings. The molecule has 1 unspecified atom stereocenters. The lowest BCUT2D eigenvalue weighted by Gasteiger charge is -2.15. The zero-order chi connectivity index (χ0) is 13.1. The van der Waals surface area contributed by atoms with E-state index in [-0.39, 0.29) is 6.04 Å². The molecule has 1 aromatic carbocycles. The zero-order valence-electron chi connectivity index (χ0n) is 9.41. The number of hydrogen-bond acceptors (Lipinski definition) is 2. The summed E-state index contributed by atoms with van der Waals surface area (Å²) in [6.07, 6.45) is 3.94. The molecule has 0 spiro atoms. The third-order valence-corrected chi connectivity index (χ3v) is 4.33. The Kier molecular flexibility index (Phi) is 4.62. The van der Waals surface area contributed by atoms with E-state index >= 15 is 0 Å². The van der Waals surface area contributed by atoms with Crippen molar-refractivity contribution in [2.24, 2.45) is 5.73 Å². The number of aromatic nitrogens is 1. The molecule has 18 heavy (non-hydrogen) atoms. The molecule has 0 aliphatic heterocycles. The normalized spacial score (nSPS) is 12.4. The Balaban J connectivity index is 2.25. The Bertz CT molecular complexity index is 560. The monoisotopic (exact) mass is 344 g/mol. The van der Waals surface area contributed by atoms with Gasteiger partial charge in [0.2, 0.25) is 0 Å². The van der Waals surface area contributed by atoms with E-state index < -0.39 is 0 Å². The van der Waals surface area contributed by atoms with Crippen molar-refractivity contribution in [3.63, 3.8) is 0 Å². The molecule has 94 valence electrons. The minimum atomic E-state index is -0.199. The molecule has 0 saturated heterocycles. The first-order chi connectivity index (χ1) is 8.59. The molecule has 0 bridgehead atoms. The van der Waals surface area contributed by atoms with Gasteiger partial charge in [0.25, 0.3) is 0 Å². The third kappa shape index (κ3) is 3.04. The molecule has 5 heteroatoms. The summed E-state index contributed by atoms with van der Waals surface area (Å²) >= 11 is 15.7. The highest BCUT2D eigenvalue weighted by molar-refractivity contribution is 9.10. The quantitative estimate of drug-likeness (QED) is 0.895. The Morgan fingerprint density at radius 3 is 2.78 bits per heavy atom. The molecule has 2 N–H and O–H groups in total. The second kappa shape index (κ2) is 6.02. The molecular weight excluding hydrogens is 335 g/mol. The standard InChI is InChI=1S/C13H11BrCl2N2/c14-10-3-1-2-9(13(10)16)12(17)6-8-4-5-18-7-11(8)15/h1-5,7,12H,6,17H2. The van der Waals surface area contributed by atoms with Crippen LogP contribution in [-0.2, 0) is 6.42 Å². The van der Waals surface area contributed by atoms with Crippen LogP contribution in [0.2, 0.25) is 10.0 Å². The van der Waals surface area contributed by atoms with Crippen molar-refractivity contribution in [1.29, 1.82) is 0 Å². The average molecular weight is 346 g/mol. The van der Waals surface area contributed by atoms with Crippen LogP contribution < -0.4 is 5.73 Å². The van der Waals surface area contributed by atoms with Gasteiger partial charge in [-0.2, -0.15) is 0 Å². The molecule has 2 rings (SSSR count). The van der Waals surface area contributed by atoms with Gasteiger partial charge in [-0.15, -0.1) is 0 Å². The maximum Gasteiger partial charge on any atom is 0.0622 e. The van der Waals surface area contributed by atoms with Gasteiger partial charge in [-0.1, -0.05) is 35.3 Å². The lowest BCUT2D eigenvalue weighted by Crippen LogP contribution is -2.14. The van der Waals surface area contributed by atoms with Crippen LogP contribution in [0.25, 0.3) is 0 Å². The lowest BCUT2D eigenvalue weighted by molar-refractivity contribution is 0.721. The molecule has 1 atom stereocenters. The maximum absolute atomic E-state index is 6.22. The number of hydrogen-bond donors (Lipinski definition) is 1. The second-order valence-corrected chi connectivity index (χ2v) is 5.56. The summed E-state index contributed by atoms with van der Waals surface area (Å²) in [5, 5.41) is 1.27. The van der Waals surface area contributed by atoms with Gasteiger partial charge in [0, 0.05) is 22.9 Å². The molecule has 1 heterocycles. The lowest BCUT2D eigenvalue weighted by atomic mass is 10.0. The van der Waals surface area contributed by atoms with Crippen molar-refractivity contribution >= 4 is 39.1 Å². The van der Waals surface area contributed by atoms with Crippen LogP contribution in [-0.4, -0.2) is 4.98 Å². The van der Waals surface area contributed by atoms with Crippen LogP contribution in [0, 0.1) is 0 Å². The predicted molar refractivity (Wildman–Crippen MR) is 79.0 cm³/mol. The fraction of sp³-hybridized carbons (Fsp3) is 0.154. The molecule has 0 saturated carbocycles. The maximum atomic E-state index is 6.22. The van der Waals surface area contributed by atoms with Gasteiger partial charge < -0.3 is 5.73 Å². The summed E-state index contributed by atoms with van der Waals surface area (Å²) in [6, 6.07) is 7.40. The van der Waals surface area contributed by atoms with Crippen molar-refractivity contribution in [1.82, 2.24) is 4.98 Å². The summed E-state index contributed by atoms with van der Waals surface area (Å²) in [6.45, 7) is 0. The minimum absolute atomic E-state index is 0.199. The van der Waals surface area contributed by atoms with E-state index in [1.54, 1.807) is 12.4 Å². The summed E-state index contributed by atoms with van der Waals surface area (Å²) in [4.78, 5) is 3.95. The summed E-state index contributed by atoms with van der Waals surface area (Å²) in [7, 11) is 0. The number of nitrogens with two attached hydrogens (primary N) is 1. The van der Waals surface area contributed by atoms with Gasteiger partial charge in [-0.05, 0) is 45.6 Å². The van der Waals surface area contributed by atoms with Crippen molar-refractivity contribution in [2.45, 2.75) is 12.5 Å². The number of nitrogens with zero attached hydrogens (tertiary/aromatic N) is 1. The van der Waals surface area contributed by atoms with Crippen LogP contribution in [0.1, 0.15) is 17.2 Å². The third-order valence-electron chi connectivity index (χ3n) is 2.68. The average Bonchev–Trinajstić information content (AvgIpc) is 2.35. The summed E-state index contributed by atoms with van der Waals surface area (Å²) < 4.78 is 0.845. The van der Waals surface area contributed by atoms with Crippen LogP contribution in [0.4, 0.5) is 0 Å². The fourth-order valence-corrected chi connectivity index (χ4v) is 2.57. The van der Waals surface area contributed by atoms with Crippen LogP contribution in [0.5, 0.6) is 0 Å². The second-order valence-electron chi connectivity index (χ2n) is 3.92. The highest BCUT2D eigenvalue weighted by Gasteiger charge is 2.14. The Hall–Kier alpha value is -0.610. The molecule has 0 aliphatic carbocycles. The number of pyridine rings is 1. The van der Waals surface area contributed by atoms with E-state index in [9.17, 15) is 0 Å². The smallest absolute Gasteiger partial charge is 0.0622 e. The van der Waals surface area contributed by atoms with E-state index in [4.69, 9.17) is 28.9 Å². The predicted octanol–water partition coefficient (Wildman–Crippen LogP) is 4.39. The van der Waals surface area contributed by atoms with Gasteiger partial charge >= 0.3 is 0 Å². The Morgan fingerprint density at radius 1 is 1.28 bits per heavy atom. The Morgan fingerprint density at radius 2 is 2.06 bits per heavy atom. The molecular formula is C13H11BrCl2N2. The van der Waals surface area contributed by atoms with E-state index in [1.165, 1.54) is 0 Å². The number of benzene rings is 1. The number of rotatable bonds is 3. The highest BCUT2D eigenvalue weighted by Crippen LogP contribution is 2.31. The molecule has 1 aromatic heterocycles. The molecule has 0 radical (unpaired) electrons. The topological polar surface area (TPSA) is 38.9 Å².